The van der Waals surface area contributed by atoms with Crippen molar-refractivity contribution in [3.05, 3.63) is 49.1 Å². The molecule has 2 aliphatic rings. The predicted octanol–water partition coefficient (Wildman–Crippen LogP) is 3.79. The highest BCUT2D eigenvalue weighted by atomic mass is 16.5. The first-order chi connectivity index (χ1) is 16.6. The molecule has 0 unspecified atom stereocenters. The average molecular weight is 458 g/mol. The van der Waals surface area contributed by atoms with Crippen LogP contribution in [0.2, 0.25) is 0 Å². The van der Waals surface area contributed by atoms with Crippen LogP contribution in [0.3, 0.4) is 0 Å². The smallest absolute Gasteiger partial charge is 0.227 e. The summed E-state index contributed by atoms with van der Waals surface area (Å²) in [6.45, 7) is 3.71. The first-order valence-corrected chi connectivity index (χ1v) is 11.5. The maximum atomic E-state index is 5.65. The molecule has 2 saturated heterocycles. The molecule has 6 rings (SSSR count). The number of rotatable bonds is 5. The third-order valence-corrected chi connectivity index (χ3v) is 6.87. The molecule has 0 atom stereocenters. The summed E-state index contributed by atoms with van der Waals surface area (Å²) in [6, 6.07) is 7.95. The van der Waals surface area contributed by atoms with Crippen LogP contribution in [0.1, 0.15) is 12.8 Å². The number of nitrogens with one attached hydrogen (secondary N) is 1. The topological polar surface area (TPSA) is 90.2 Å². The fourth-order valence-corrected chi connectivity index (χ4v) is 4.93. The van der Waals surface area contributed by atoms with Gasteiger partial charge in [-0.15, -0.1) is 0 Å². The summed E-state index contributed by atoms with van der Waals surface area (Å²) in [5.74, 6) is 2.13. The van der Waals surface area contributed by atoms with Gasteiger partial charge in [0, 0.05) is 68.3 Å². The second-order valence-electron chi connectivity index (χ2n) is 9.18. The molecule has 0 aliphatic carbocycles. The minimum absolute atomic E-state index is 0.361. The van der Waals surface area contributed by atoms with Crippen LogP contribution in [0, 0.1) is 5.41 Å². The van der Waals surface area contributed by atoms with E-state index in [1.165, 1.54) is 0 Å². The van der Waals surface area contributed by atoms with Gasteiger partial charge in [-0.05, 0) is 36.6 Å². The van der Waals surface area contributed by atoms with Gasteiger partial charge in [0.1, 0.15) is 11.3 Å². The fourth-order valence-electron chi connectivity index (χ4n) is 4.93. The van der Waals surface area contributed by atoms with Gasteiger partial charge < -0.3 is 19.7 Å². The molecule has 1 N–H and O–H groups in total. The van der Waals surface area contributed by atoms with Crippen molar-refractivity contribution in [3.8, 4) is 16.9 Å². The van der Waals surface area contributed by atoms with Gasteiger partial charge in [0.25, 0.3) is 0 Å². The summed E-state index contributed by atoms with van der Waals surface area (Å²) in [7, 11) is 3.56. The Morgan fingerprint density at radius 1 is 1.06 bits per heavy atom. The molecular weight excluding hydrogens is 430 g/mol. The minimum Gasteiger partial charge on any atom is -0.495 e. The number of hydrogen-bond acceptors (Lipinski definition) is 8. The number of aromatic nitrogens is 5. The van der Waals surface area contributed by atoms with E-state index in [2.05, 4.69) is 25.3 Å². The van der Waals surface area contributed by atoms with Gasteiger partial charge in [-0.25, -0.2) is 15.0 Å². The SMILES string of the molecule is COc1cc(-c2cnn(C)c2)ccc1Nc1ncc2ccnc(N3CC4(CCOCC4)C3)c2n1. The Hall–Kier alpha value is -3.72. The van der Waals surface area contributed by atoms with Crippen LogP contribution in [0.15, 0.2) is 49.1 Å². The van der Waals surface area contributed by atoms with Crippen LogP contribution in [-0.4, -0.2) is 58.1 Å². The van der Waals surface area contributed by atoms with E-state index in [4.69, 9.17) is 14.5 Å². The monoisotopic (exact) mass is 457 g/mol. The summed E-state index contributed by atoms with van der Waals surface area (Å²) in [5, 5.41) is 8.56. The van der Waals surface area contributed by atoms with Crippen molar-refractivity contribution in [1.29, 1.82) is 0 Å². The second-order valence-corrected chi connectivity index (χ2v) is 9.18. The van der Waals surface area contributed by atoms with E-state index in [1.807, 2.05) is 56.1 Å². The van der Waals surface area contributed by atoms with Crippen LogP contribution < -0.4 is 15.0 Å². The Morgan fingerprint density at radius 3 is 2.68 bits per heavy atom. The summed E-state index contributed by atoms with van der Waals surface area (Å²) < 4.78 is 13.0. The van der Waals surface area contributed by atoms with Crippen molar-refractivity contribution in [3.63, 3.8) is 0 Å². The first-order valence-electron chi connectivity index (χ1n) is 11.5. The molecule has 2 fully saturated rings. The van der Waals surface area contributed by atoms with E-state index < -0.39 is 0 Å². The van der Waals surface area contributed by atoms with Crippen molar-refractivity contribution >= 4 is 28.4 Å². The Kier molecular flexibility index (Phi) is 5.06. The van der Waals surface area contributed by atoms with Gasteiger partial charge in [0.2, 0.25) is 5.95 Å². The summed E-state index contributed by atoms with van der Waals surface area (Å²) in [5.41, 5.74) is 4.07. The zero-order chi connectivity index (χ0) is 23.1. The molecule has 1 spiro atoms. The number of benzene rings is 1. The Balaban J connectivity index is 1.27. The fraction of sp³-hybridized carbons (Fsp3) is 0.360. The Bertz CT molecular complexity index is 1340. The van der Waals surface area contributed by atoms with Crippen LogP contribution in [-0.2, 0) is 11.8 Å². The Morgan fingerprint density at radius 2 is 1.91 bits per heavy atom. The molecule has 0 amide bonds. The van der Waals surface area contributed by atoms with Crippen molar-refractivity contribution in [2.45, 2.75) is 12.8 Å². The summed E-state index contributed by atoms with van der Waals surface area (Å²) in [6.07, 6.45) is 9.72. The van der Waals surface area contributed by atoms with Gasteiger partial charge in [-0.1, -0.05) is 6.07 Å². The molecule has 5 heterocycles. The lowest BCUT2D eigenvalue weighted by Gasteiger charge is -2.52. The quantitative estimate of drug-likeness (QED) is 0.484. The third kappa shape index (κ3) is 3.71. The molecule has 9 heteroatoms. The second kappa shape index (κ2) is 8.25. The normalized spacial score (nSPS) is 17.1. The number of anilines is 3. The number of methoxy groups -OCH3 is 1. The molecule has 4 aromatic rings. The number of fused-ring (bicyclic) bond motifs is 1. The van der Waals surface area contributed by atoms with Crippen LogP contribution in [0.4, 0.5) is 17.5 Å². The van der Waals surface area contributed by atoms with E-state index in [0.29, 0.717) is 17.1 Å². The first kappa shape index (κ1) is 20.9. The van der Waals surface area contributed by atoms with Crippen LogP contribution >= 0.6 is 0 Å². The number of hydrogen-bond donors (Lipinski definition) is 1. The van der Waals surface area contributed by atoms with E-state index in [1.54, 1.807) is 11.8 Å². The lowest BCUT2D eigenvalue weighted by atomic mass is 9.73. The van der Waals surface area contributed by atoms with E-state index in [-0.39, 0.29) is 0 Å². The standard InChI is InChI=1S/C25H27N7O2/c1-31-14-19(13-28-31)17-3-4-20(21(11-17)33-2)29-24-27-12-18-5-8-26-23(22(18)30-24)32-15-25(16-32)6-9-34-10-7-25/h3-5,8,11-14H,6-7,9-10,15-16H2,1-2H3,(H,27,29,30). The molecule has 0 bridgehead atoms. The number of aryl methyl sites for hydroxylation is 1. The van der Waals surface area contributed by atoms with E-state index in [0.717, 1.165) is 72.7 Å². The van der Waals surface area contributed by atoms with Gasteiger partial charge >= 0.3 is 0 Å². The van der Waals surface area contributed by atoms with Crippen molar-refractivity contribution < 1.29 is 9.47 Å². The molecular formula is C25H27N7O2. The zero-order valence-corrected chi connectivity index (χ0v) is 19.4. The lowest BCUT2D eigenvalue weighted by Crippen LogP contribution is -2.58. The van der Waals surface area contributed by atoms with Crippen LogP contribution in [0.5, 0.6) is 5.75 Å². The average Bonchev–Trinajstić information content (AvgIpc) is 3.29. The molecule has 3 aromatic heterocycles. The highest BCUT2D eigenvalue weighted by Crippen LogP contribution is 2.43. The predicted molar refractivity (Wildman–Crippen MR) is 131 cm³/mol. The van der Waals surface area contributed by atoms with Gasteiger partial charge in [-0.3, -0.25) is 4.68 Å². The number of ether oxygens (including phenoxy) is 2. The van der Waals surface area contributed by atoms with Crippen molar-refractivity contribution in [1.82, 2.24) is 24.7 Å². The van der Waals surface area contributed by atoms with Gasteiger partial charge in [0.05, 0.1) is 19.0 Å². The largest absolute Gasteiger partial charge is 0.495 e. The van der Waals surface area contributed by atoms with Crippen molar-refractivity contribution in [2.75, 3.05) is 43.6 Å². The minimum atomic E-state index is 0.361. The van der Waals surface area contributed by atoms with Crippen LogP contribution in [0.25, 0.3) is 22.0 Å². The molecule has 1 aromatic carbocycles. The van der Waals surface area contributed by atoms with Crippen molar-refractivity contribution in [2.24, 2.45) is 12.5 Å². The molecule has 0 radical (unpaired) electrons. The third-order valence-electron chi connectivity index (χ3n) is 6.87. The summed E-state index contributed by atoms with van der Waals surface area (Å²) in [4.78, 5) is 16.4. The summed E-state index contributed by atoms with van der Waals surface area (Å²) >= 11 is 0. The molecule has 0 saturated carbocycles. The van der Waals surface area contributed by atoms with Gasteiger partial charge in [0.15, 0.2) is 5.82 Å². The number of pyridine rings is 1. The maximum Gasteiger partial charge on any atom is 0.227 e. The molecule has 9 nitrogen and oxygen atoms in total. The van der Waals surface area contributed by atoms with E-state index in [9.17, 15) is 0 Å². The maximum absolute atomic E-state index is 5.65. The molecule has 2 aliphatic heterocycles. The lowest BCUT2D eigenvalue weighted by molar-refractivity contribution is -0.000363. The zero-order valence-electron chi connectivity index (χ0n) is 19.4. The van der Waals surface area contributed by atoms with E-state index >= 15 is 0 Å². The Labute approximate surface area is 197 Å². The molecule has 174 valence electrons. The highest BCUT2D eigenvalue weighted by molar-refractivity contribution is 5.89. The molecule has 34 heavy (non-hydrogen) atoms. The number of nitrogens with zero attached hydrogens (tertiary/aromatic N) is 6. The highest BCUT2D eigenvalue weighted by Gasteiger charge is 2.44. The van der Waals surface area contributed by atoms with Gasteiger partial charge in [-0.2, -0.15) is 5.10 Å².